The second-order valence-electron chi connectivity index (χ2n) is 4.46. The standard InChI is InChI=1S/C17H14N2O4S/c1-3-9-23-17(21)13(11-18)16-19(4-2)15(20)14(24-16)8-7-12-6-5-10-22-12/h3,5-7,10H,1,4,9H2,2H3/b16-13-. The highest BCUT2D eigenvalue weighted by atomic mass is 32.1. The van der Waals surface area contributed by atoms with Crippen LogP contribution in [0.5, 0.6) is 0 Å². The number of carbonyl (C=O) groups is 1. The molecule has 0 aromatic carbocycles. The van der Waals surface area contributed by atoms with Gasteiger partial charge in [0.05, 0.1) is 6.26 Å². The van der Waals surface area contributed by atoms with E-state index >= 15 is 0 Å². The van der Waals surface area contributed by atoms with Gasteiger partial charge in [-0.3, -0.25) is 9.36 Å². The van der Waals surface area contributed by atoms with Gasteiger partial charge < -0.3 is 9.15 Å². The maximum atomic E-state index is 12.4. The first-order chi connectivity index (χ1) is 11.6. The molecule has 0 amide bonds. The average Bonchev–Trinajstić information content (AvgIpc) is 3.20. The van der Waals surface area contributed by atoms with Gasteiger partial charge in [0.1, 0.15) is 27.6 Å². The molecule has 2 heterocycles. The molecule has 0 aliphatic rings. The fraction of sp³-hybridized carbons (Fsp3) is 0.176. The second-order valence-corrected chi connectivity index (χ2v) is 5.46. The van der Waals surface area contributed by atoms with Crippen molar-refractivity contribution in [3.05, 3.63) is 56.4 Å². The summed E-state index contributed by atoms with van der Waals surface area (Å²) in [6, 6.07) is 5.25. The van der Waals surface area contributed by atoms with Gasteiger partial charge in [-0.2, -0.15) is 5.26 Å². The number of esters is 1. The zero-order chi connectivity index (χ0) is 17.5. The third-order valence-electron chi connectivity index (χ3n) is 2.95. The van der Waals surface area contributed by atoms with E-state index in [1.165, 1.54) is 23.0 Å². The van der Waals surface area contributed by atoms with E-state index in [0.717, 1.165) is 11.3 Å². The van der Waals surface area contributed by atoms with Crippen LogP contribution in [-0.4, -0.2) is 17.1 Å². The summed E-state index contributed by atoms with van der Waals surface area (Å²) in [6.45, 7) is 5.50. The smallest absolute Gasteiger partial charge is 0.352 e. The van der Waals surface area contributed by atoms with Crippen LogP contribution in [0.2, 0.25) is 0 Å². The zero-order valence-electron chi connectivity index (χ0n) is 12.9. The topological polar surface area (TPSA) is 85.2 Å². The molecule has 0 fully saturated rings. The summed E-state index contributed by atoms with van der Waals surface area (Å²) in [5, 5.41) is 9.28. The molecule has 6 nitrogen and oxygen atoms in total. The number of thiazole rings is 1. The molecule has 0 aliphatic heterocycles. The first-order valence-corrected chi connectivity index (χ1v) is 7.86. The summed E-state index contributed by atoms with van der Waals surface area (Å²) >= 11 is 1.01. The average molecular weight is 342 g/mol. The SMILES string of the molecule is C=CCOC(=O)/C(C#N)=c1\sc(=C=Cc2ccco2)c(=O)n1CC. The first kappa shape index (κ1) is 17.3. The lowest BCUT2D eigenvalue weighted by molar-refractivity contribution is -0.135. The Labute approximate surface area is 141 Å². The number of hydrogen-bond acceptors (Lipinski definition) is 6. The van der Waals surface area contributed by atoms with Crippen molar-refractivity contribution in [1.82, 2.24) is 4.57 Å². The first-order valence-electron chi connectivity index (χ1n) is 7.04. The minimum atomic E-state index is -0.789. The highest BCUT2D eigenvalue weighted by Crippen LogP contribution is 2.00. The van der Waals surface area contributed by atoms with Gasteiger partial charge in [-0.1, -0.05) is 18.4 Å². The Bertz CT molecular complexity index is 997. The van der Waals surface area contributed by atoms with Crippen LogP contribution in [-0.2, 0) is 16.1 Å². The van der Waals surface area contributed by atoms with Crippen molar-refractivity contribution >= 4 is 34.7 Å². The maximum Gasteiger partial charge on any atom is 0.352 e. The van der Waals surface area contributed by atoms with E-state index in [9.17, 15) is 14.9 Å². The Morgan fingerprint density at radius 3 is 2.96 bits per heavy atom. The molecule has 0 saturated heterocycles. The van der Waals surface area contributed by atoms with Crippen LogP contribution in [0, 0.1) is 11.3 Å². The van der Waals surface area contributed by atoms with Crippen molar-refractivity contribution in [2.24, 2.45) is 0 Å². The lowest BCUT2D eigenvalue weighted by Crippen LogP contribution is -2.32. The fourth-order valence-corrected chi connectivity index (χ4v) is 2.93. The van der Waals surface area contributed by atoms with Crippen molar-refractivity contribution < 1.29 is 13.9 Å². The second kappa shape index (κ2) is 7.97. The minimum absolute atomic E-state index is 0.0108. The Kier molecular flexibility index (Phi) is 5.74. The third kappa shape index (κ3) is 3.63. The molecule has 0 spiro atoms. The molecule has 2 aromatic heterocycles. The van der Waals surface area contributed by atoms with Crippen LogP contribution in [0.3, 0.4) is 0 Å². The number of ether oxygens (including phenoxy) is 1. The third-order valence-corrected chi connectivity index (χ3v) is 4.06. The van der Waals surface area contributed by atoms with E-state index in [4.69, 9.17) is 9.15 Å². The molecule has 0 atom stereocenters. The molecule has 0 N–H and O–H groups in total. The molecule has 0 aliphatic carbocycles. The monoisotopic (exact) mass is 342 g/mol. The van der Waals surface area contributed by atoms with Crippen LogP contribution in [0.25, 0.3) is 17.4 Å². The van der Waals surface area contributed by atoms with Crippen LogP contribution < -0.4 is 14.8 Å². The molecule has 2 rings (SSSR count). The minimum Gasteiger partial charge on any atom is -0.464 e. The van der Waals surface area contributed by atoms with E-state index in [0.29, 0.717) is 12.3 Å². The van der Waals surface area contributed by atoms with Gasteiger partial charge in [0.2, 0.25) is 0 Å². The summed E-state index contributed by atoms with van der Waals surface area (Å²) in [6.07, 6.45) is 4.44. The van der Waals surface area contributed by atoms with Crippen molar-refractivity contribution in [3.63, 3.8) is 0 Å². The molecule has 7 heteroatoms. The van der Waals surface area contributed by atoms with Crippen LogP contribution in [0.4, 0.5) is 0 Å². The number of aromatic nitrogens is 1. The van der Waals surface area contributed by atoms with Crippen LogP contribution in [0.15, 0.2) is 40.3 Å². The van der Waals surface area contributed by atoms with Gasteiger partial charge in [0, 0.05) is 12.6 Å². The number of rotatable bonds is 5. The Hall–Kier alpha value is -3.07. The van der Waals surface area contributed by atoms with Crippen LogP contribution in [0.1, 0.15) is 12.7 Å². The summed E-state index contributed by atoms with van der Waals surface area (Å²) in [5.74, 6) is -0.246. The molecule has 0 bridgehead atoms. The largest absolute Gasteiger partial charge is 0.464 e. The molecule has 0 saturated carbocycles. The predicted octanol–water partition coefficient (Wildman–Crippen LogP) is 1.02. The molecular weight excluding hydrogens is 328 g/mol. The number of carbonyl (C=O) groups excluding carboxylic acids is 1. The predicted molar refractivity (Wildman–Crippen MR) is 90.3 cm³/mol. The number of nitriles is 1. The summed E-state index contributed by atoms with van der Waals surface area (Å²) in [4.78, 5) is 24.4. The number of hydrogen-bond donors (Lipinski definition) is 0. The Balaban J connectivity index is 2.70. The normalized spacial score (nSPS) is 11.2. The molecule has 122 valence electrons. The zero-order valence-corrected chi connectivity index (χ0v) is 13.8. The van der Waals surface area contributed by atoms with E-state index < -0.39 is 5.97 Å². The van der Waals surface area contributed by atoms with Gasteiger partial charge >= 0.3 is 5.97 Å². The summed E-state index contributed by atoms with van der Waals surface area (Å²) in [7, 11) is 0. The van der Waals surface area contributed by atoms with Crippen molar-refractivity contribution in [1.29, 1.82) is 5.26 Å². The molecule has 2 aromatic rings. The van der Waals surface area contributed by atoms with Crippen LogP contribution >= 0.6 is 11.3 Å². The maximum absolute atomic E-state index is 12.4. The van der Waals surface area contributed by atoms with Gasteiger partial charge in [-0.25, -0.2) is 4.79 Å². The van der Waals surface area contributed by atoms with Gasteiger partial charge in [-0.15, -0.1) is 11.3 Å². The molecular formula is C17H14N2O4S. The molecule has 0 unspecified atom stereocenters. The lowest BCUT2D eigenvalue weighted by Gasteiger charge is -2.00. The lowest BCUT2D eigenvalue weighted by atomic mass is 10.3. The molecule has 0 radical (unpaired) electrons. The summed E-state index contributed by atoms with van der Waals surface area (Å²) < 4.78 is 11.9. The van der Waals surface area contributed by atoms with E-state index in [-0.39, 0.29) is 26.9 Å². The highest BCUT2D eigenvalue weighted by molar-refractivity contribution is 7.07. The van der Waals surface area contributed by atoms with Gasteiger partial charge in [0.15, 0.2) is 5.57 Å². The fourth-order valence-electron chi connectivity index (χ4n) is 1.87. The van der Waals surface area contributed by atoms with E-state index in [2.05, 4.69) is 12.3 Å². The highest BCUT2D eigenvalue weighted by Gasteiger charge is 2.16. The van der Waals surface area contributed by atoms with Gasteiger partial charge in [-0.05, 0) is 19.1 Å². The van der Waals surface area contributed by atoms with E-state index in [1.54, 1.807) is 19.1 Å². The molecule has 24 heavy (non-hydrogen) atoms. The van der Waals surface area contributed by atoms with Crippen molar-refractivity contribution in [2.45, 2.75) is 13.5 Å². The number of nitrogens with zero attached hydrogens (tertiary/aromatic N) is 2. The quantitative estimate of drug-likeness (QED) is 0.598. The Morgan fingerprint density at radius 1 is 1.58 bits per heavy atom. The summed E-state index contributed by atoms with van der Waals surface area (Å²) in [5.41, 5.74) is 2.30. The number of furan rings is 1. The Morgan fingerprint density at radius 2 is 2.38 bits per heavy atom. The van der Waals surface area contributed by atoms with Gasteiger partial charge in [0.25, 0.3) is 5.56 Å². The van der Waals surface area contributed by atoms with Crippen molar-refractivity contribution in [3.8, 4) is 6.07 Å². The van der Waals surface area contributed by atoms with Crippen molar-refractivity contribution in [2.75, 3.05) is 6.61 Å². The van der Waals surface area contributed by atoms with E-state index in [1.807, 2.05) is 6.07 Å².